The predicted molar refractivity (Wildman–Crippen MR) is 65.1 cm³/mol. The van der Waals surface area contributed by atoms with E-state index in [0.29, 0.717) is 11.5 Å². The lowest BCUT2D eigenvalue weighted by Gasteiger charge is -2.02. The molecule has 1 rings (SSSR count). The van der Waals surface area contributed by atoms with Crippen LogP contribution in [-0.2, 0) is 16.1 Å². The van der Waals surface area contributed by atoms with Crippen molar-refractivity contribution in [1.82, 2.24) is 0 Å². The number of carbonyl (C=O) groups excluding carboxylic acids is 1. The zero-order valence-corrected chi connectivity index (χ0v) is 10.0. The van der Waals surface area contributed by atoms with Crippen molar-refractivity contribution in [2.45, 2.75) is 26.4 Å². The van der Waals surface area contributed by atoms with Crippen LogP contribution in [0.25, 0.3) is 0 Å². The zero-order valence-electron chi connectivity index (χ0n) is 9.28. The number of hydrogen-bond donors (Lipinski definition) is 0. The molecule has 0 aromatic heterocycles. The standard InChI is InChI=1S/C13H15ClO2/c1-2-6-12(14)9-13(15)16-10-11-7-4-3-5-8-11/h3-5,7-9H,2,6,10H2,1H3. The minimum absolute atomic E-state index is 0.284. The molecule has 0 aliphatic rings. The van der Waals surface area contributed by atoms with Crippen LogP contribution in [0.2, 0.25) is 0 Å². The van der Waals surface area contributed by atoms with Gasteiger partial charge < -0.3 is 4.74 Å². The summed E-state index contributed by atoms with van der Waals surface area (Å²) in [4.78, 5) is 11.3. The third-order valence-electron chi connectivity index (χ3n) is 1.99. The highest BCUT2D eigenvalue weighted by molar-refractivity contribution is 6.30. The molecule has 0 unspecified atom stereocenters. The van der Waals surface area contributed by atoms with Crippen LogP contribution >= 0.6 is 11.6 Å². The minimum Gasteiger partial charge on any atom is -0.458 e. The number of esters is 1. The molecule has 0 radical (unpaired) electrons. The van der Waals surface area contributed by atoms with Crippen LogP contribution in [0.1, 0.15) is 25.3 Å². The fraction of sp³-hybridized carbons (Fsp3) is 0.308. The van der Waals surface area contributed by atoms with Crippen molar-refractivity contribution < 1.29 is 9.53 Å². The summed E-state index contributed by atoms with van der Waals surface area (Å²) >= 11 is 5.82. The van der Waals surface area contributed by atoms with E-state index in [2.05, 4.69) is 0 Å². The molecule has 0 N–H and O–H groups in total. The lowest BCUT2D eigenvalue weighted by molar-refractivity contribution is -0.139. The lowest BCUT2D eigenvalue weighted by atomic mass is 10.2. The van der Waals surface area contributed by atoms with Gasteiger partial charge in [-0.1, -0.05) is 55.3 Å². The first-order valence-electron chi connectivity index (χ1n) is 5.29. The molecule has 0 saturated heterocycles. The molecule has 0 amide bonds. The minimum atomic E-state index is -0.387. The van der Waals surface area contributed by atoms with Crippen LogP contribution in [0, 0.1) is 0 Å². The van der Waals surface area contributed by atoms with Crippen molar-refractivity contribution in [3.05, 3.63) is 47.0 Å². The van der Waals surface area contributed by atoms with E-state index in [1.54, 1.807) is 0 Å². The zero-order chi connectivity index (χ0) is 11.8. The molecule has 0 bridgehead atoms. The second-order valence-electron chi connectivity index (χ2n) is 3.43. The largest absolute Gasteiger partial charge is 0.458 e. The van der Waals surface area contributed by atoms with Gasteiger partial charge in [0.25, 0.3) is 0 Å². The van der Waals surface area contributed by atoms with Gasteiger partial charge in [-0.05, 0) is 12.0 Å². The molecule has 0 saturated carbocycles. The first-order valence-corrected chi connectivity index (χ1v) is 5.67. The summed E-state index contributed by atoms with van der Waals surface area (Å²) in [7, 11) is 0. The van der Waals surface area contributed by atoms with E-state index in [9.17, 15) is 4.79 Å². The molecule has 86 valence electrons. The number of ether oxygens (including phenoxy) is 1. The highest BCUT2D eigenvalue weighted by atomic mass is 35.5. The van der Waals surface area contributed by atoms with Crippen molar-refractivity contribution in [3.8, 4) is 0 Å². The first-order chi connectivity index (χ1) is 7.72. The van der Waals surface area contributed by atoms with Gasteiger partial charge in [-0.2, -0.15) is 0 Å². The van der Waals surface area contributed by atoms with Crippen LogP contribution in [0.15, 0.2) is 41.4 Å². The van der Waals surface area contributed by atoms with Crippen LogP contribution in [0.5, 0.6) is 0 Å². The van der Waals surface area contributed by atoms with Crippen molar-refractivity contribution in [2.75, 3.05) is 0 Å². The van der Waals surface area contributed by atoms with Gasteiger partial charge in [-0.3, -0.25) is 0 Å². The summed E-state index contributed by atoms with van der Waals surface area (Å²) in [5.74, 6) is -0.387. The summed E-state index contributed by atoms with van der Waals surface area (Å²) < 4.78 is 5.05. The maximum absolute atomic E-state index is 11.3. The Labute approximate surface area is 101 Å². The first kappa shape index (κ1) is 12.8. The molecule has 0 spiro atoms. The molecule has 1 aromatic rings. The van der Waals surface area contributed by atoms with Crippen LogP contribution in [-0.4, -0.2) is 5.97 Å². The Bertz CT molecular complexity index is 357. The number of rotatable bonds is 5. The fourth-order valence-corrected chi connectivity index (χ4v) is 1.49. The number of halogens is 1. The van der Waals surface area contributed by atoms with Crippen LogP contribution < -0.4 is 0 Å². The smallest absolute Gasteiger partial charge is 0.332 e. The third kappa shape index (κ3) is 4.99. The predicted octanol–water partition coefficient (Wildman–Crippen LogP) is 3.65. The van der Waals surface area contributed by atoms with Crippen molar-refractivity contribution in [3.63, 3.8) is 0 Å². The number of carbonyl (C=O) groups is 1. The van der Waals surface area contributed by atoms with E-state index in [4.69, 9.17) is 16.3 Å². The fourth-order valence-electron chi connectivity index (χ4n) is 1.21. The highest BCUT2D eigenvalue weighted by Gasteiger charge is 2.01. The Balaban J connectivity index is 2.39. The van der Waals surface area contributed by atoms with Gasteiger partial charge in [0, 0.05) is 11.1 Å². The van der Waals surface area contributed by atoms with Gasteiger partial charge in [0.15, 0.2) is 0 Å². The average Bonchev–Trinajstić information content (AvgIpc) is 2.28. The molecule has 3 heteroatoms. The Morgan fingerprint density at radius 2 is 2.06 bits per heavy atom. The number of benzene rings is 1. The topological polar surface area (TPSA) is 26.3 Å². The van der Waals surface area contributed by atoms with Gasteiger partial charge in [0.1, 0.15) is 6.61 Å². The Kier molecular flexibility index (Phi) is 5.65. The monoisotopic (exact) mass is 238 g/mol. The molecule has 16 heavy (non-hydrogen) atoms. The van der Waals surface area contributed by atoms with Crippen LogP contribution in [0.4, 0.5) is 0 Å². The molecular formula is C13H15ClO2. The van der Waals surface area contributed by atoms with Gasteiger partial charge >= 0.3 is 5.97 Å². The number of hydrogen-bond acceptors (Lipinski definition) is 2. The molecule has 0 aliphatic carbocycles. The molecular weight excluding hydrogens is 224 g/mol. The summed E-state index contributed by atoms with van der Waals surface area (Å²) in [6.45, 7) is 2.29. The quantitative estimate of drug-likeness (QED) is 0.578. The Morgan fingerprint density at radius 1 is 1.38 bits per heavy atom. The molecule has 0 heterocycles. The van der Waals surface area contributed by atoms with Crippen molar-refractivity contribution in [2.24, 2.45) is 0 Å². The van der Waals surface area contributed by atoms with E-state index in [-0.39, 0.29) is 12.6 Å². The molecule has 1 aromatic carbocycles. The second kappa shape index (κ2) is 7.07. The Hall–Kier alpha value is -1.28. The molecule has 2 nitrogen and oxygen atoms in total. The normalized spacial score (nSPS) is 11.2. The number of allylic oxidation sites excluding steroid dienone is 1. The lowest BCUT2D eigenvalue weighted by Crippen LogP contribution is -2.01. The van der Waals surface area contributed by atoms with E-state index in [0.717, 1.165) is 12.0 Å². The highest BCUT2D eigenvalue weighted by Crippen LogP contribution is 2.10. The third-order valence-corrected chi connectivity index (χ3v) is 2.29. The average molecular weight is 239 g/mol. The van der Waals surface area contributed by atoms with Crippen LogP contribution in [0.3, 0.4) is 0 Å². The van der Waals surface area contributed by atoms with E-state index >= 15 is 0 Å². The van der Waals surface area contributed by atoms with E-state index in [1.165, 1.54) is 6.08 Å². The molecule has 0 atom stereocenters. The van der Waals surface area contributed by atoms with Crippen molar-refractivity contribution in [1.29, 1.82) is 0 Å². The summed E-state index contributed by atoms with van der Waals surface area (Å²) in [5, 5.41) is 0.542. The maximum atomic E-state index is 11.3. The Morgan fingerprint density at radius 3 is 2.69 bits per heavy atom. The summed E-state index contributed by atoms with van der Waals surface area (Å²) in [6, 6.07) is 9.55. The van der Waals surface area contributed by atoms with Crippen molar-refractivity contribution >= 4 is 17.6 Å². The summed E-state index contributed by atoms with van der Waals surface area (Å²) in [6.07, 6.45) is 2.97. The van der Waals surface area contributed by atoms with Gasteiger partial charge in [0.2, 0.25) is 0 Å². The second-order valence-corrected chi connectivity index (χ2v) is 3.92. The van der Waals surface area contributed by atoms with E-state index in [1.807, 2.05) is 37.3 Å². The summed E-state index contributed by atoms with van der Waals surface area (Å²) in [5.41, 5.74) is 0.968. The maximum Gasteiger partial charge on any atom is 0.332 e. The van der Waals surface area contributed by atoms with Gasteiger partial charge in [0.05, 0.1) is 0 Å². The SMILES string of the molecule is CCCC(Cl)=CC(=O)OCc1ccccc1. The van der Waals surface area contributed by atoms with E-state index < -0.39 is 0 Å². The van der Waals surface area contributed by atoms with Gasteiger partial charge in [-0.15, -0.1) is 0 Å². The van der Waals surface area contributed by atoms with Gasteiger partial charge in [-0.25, -0.2) is 4.79 Å². The molecule has 0 fully saturated rings. The molecule has 0 aliphatic heterocycles.